The Morgan fingerprint density at radius 3 is 2.80 bits per heavy atom. The maximum absolute atomic E-state index is 11.8. The predicted molar refractivity (Wildman–Crippen MR) is 62.7 cm³/mol. The molecule has 0 radical (unpaired) electrons. The van der Waals surface area contributed by atoms with Crippen LogP contribution in [0.3, 0.4) is 0 Å². The van der Waals surface area contributed by atoms with E-state index in [0.29, 0.717) is 5.92 Å². The van der Waals surface area contributed by atoms with E-state index in [0.717, 1.165) is 11.1 Å². The van der Waals surface area contributed by atoms with Gasteiger partial charge in [-0.3, -0.25) is 4.79 Å². The summed E-state index contributed by atoms with van der Waals surface area (Å²) in [5.74, 6) is 0.458. The average Bonchev–Trinajstić information content (AvgIpc) is 2.58. The van der Waals surface area contributed by atoms with Gasteiger partial charge in [-0.15, -0.1) is 0 Å². The molecule has 0 fully saturated rings. The number of hydrogen-bond acceptors (Lipinski definition) is 1. The fourth-order valence-corrected chi connectivity index (χ4v) is 2.02. The van der Waals surface area contributed by atoms with Gasteiger partial charge in [-0.2, -0.15) is 0 Å². The second-order valence-corrected chi connectivity index (χ2v) is 3.82. The summed E-state index contributed by atoms with van der Waals surface area (Å²) in [7, 11) is 0. The zero-order chi connectivity index (χ0) is 10.8. The normalized spacial score (nSPS) is 19.1. The summed E-state index contributed by atoms with van der Waals surface area (Å²) in [5, 5.41) is 0. The van der Waals surface area contributed by atoms with Gasteiger partial charge in [0.1, 0.15) is 0 Å². The zero-order valence-electron chi connectivity index (χ0n) is 9.03. The van der Waals surface area contributed by atoms with Crippen LogP contribution in [0, 0.1) is 0 Å². The Labute approximate surface area is 90.1 Å². The first-order valence-electron chi connectivity index (χ1n) is 5.22. The molecule has 0 bridgehead atoms. The molecule has 0 aliphatic heterocycles. The maximum atomic E-state index is 11.8. The number of carbonyl (C=O) groups excluding carboxylic acids is 1. The van der Waals surface area contributed by atoms with Crippen LogP contribution in [-0.2, 0) is 4.79 Å². The minimum absolute atomic E-state index is 0.106. The largest absolute Gasteiger partial charge is 0.289 e. The lowest BCUT2D eigenvalue weighted by Crippen LogP contribution is -1.95. The second-order valence-electron chi connectivity index (χ2n) is 3.82. The first-order valence-corrected chi connectivity index (χ1v) is 5.22. The van der Waals surface area contributed by atoms with Gasteiger partial charge in [0.2, 0.25) is 0 Å². The first-order chi connectivity index (χ1) is 7.24. The van der Waals surface area contributed by atoms with Crippen LogP contribution in [0.15, 0.2) is 42.5 Å². The molecule has 1 unspecified atom stereocenters. The average molecular weight is 198 g/mol. The lowest BCUT2D eigenvalue weighted by atomic mass is 10.0. The fraction of sp³-hybridized carbons (Fsp3) is 0.214. The molecule has 1 aliphatic rings. The van der Waals surface area contributed by atoms with Crippen molar-refractivity contribution in [2.24, 2.45) is 0 Å². The second kappa shape index (κ2) is 3.85. The van der Waals surface area contributed by atoms with Crippen LogP contribution in [0.1, 0.15) is 30.9 Å². The highest BCUT2D eigenvalue weighted by Gasteiger charge is 2.22. The molecule has 2 rings (SSSR count). The quantitative estimate of drug-likeness (QED) is 0.666. The van der Waals surface area contributed by atoms with Crippen LogP contribution < -0.4 is 0 Å². The van der Waals surface area contributed by atoms with Crippen molar-refractivity contribution in [1.29, 1.82) is 0 Å². The van der Waals surface area contributed by atoms with Crippen molar-refractivity contribution >= 4 is 11.4 Å². The minimum Gasteiger partial charge on any atom is -0.289 e. The lowest BCUT2D eigenvalue weighted by molar-refractivity contribution is -0.109. The van der Waals surface area contributed by atoms with E-state index in [2.05, 4.69) is 13.0 Å². The Morgan fingerprint density at radius 1 is 1.33 bits per heavy atom. The molecule has 1 aliphatic carbocycles. The third-order valence-electron chi connectivity index (χ3n) is 2.74. The van der Waals surface area contributed by atoms with Crippen LogP contribution in [-0.4, -0.2) is 5.78 Å². The van der Waals surface area contributed by atoms with Gasteiger partial charge in [-0.05, 0) is 24.1 Å². The van der Waals surface area contributed by atoms with Gasteiger partial charge in [0, 0.05) is 11.5 Å². The monoisotopic (exact) mass is 198 g/mol. The molecule has 0 spiro atoms. The van der Waals surface area contributed by atoms with Gasteiger partial charge in [-0.25, -0.2) is 0 Å². The Kier molecular flexibility index (Phi) is 2.55. The molecular formula is C14H14O. The van der Waals surface area contributed by atoms with E-state index in [-0.39, 0.29) is 5.78 Å². The molecule has 0 aromatic heterocycles. The molecule has 1 nitrogen and oxygen atoms in total. The Morgan fingerprint density at radius 2 is 2.07 bits per heavy atom. The van der Waals surface area contributed by atoms with E-state index in [4.69, 9.17) is 0 Å². The summed E-state index contributed by atoms with van der Waals surface area (Å²) < 4.78 is 0. The highest BCUT2D eigenvalue weighted by molar-refractivity contribution is 6.27. The molecule has 0 heterocycles. The summed E-state index contributed by atoms with van der Waals surface area (Å²) in [6, 6.07) is 8.11. The number of allylic oxidation sites excluding steroid dienone is 4. The molecule has 0 amide bonds. The van der Waals surface area contributed by atoms with Gasteiger partial charge in [-0.1, -0.05) is 43.3 Å². The summed E-state index contributed by atoms with van der Waals surface area (Å²) in [6.45, 7) is 3.98. The van der Waals surface area contributed by atoms with Gasteiger partial charge in [0.05, 0.1) is 0 Å². The first kappa shape index (κ1) is 9.91. The summed E-state index contributed by atoms with van der Waals surface area (Å²) in [6.07, 6.45) is 5.46. The van der Waals surface area contributed by atoms with Crippen molar-refractivity contribution in [3.8, 4) is 0 Å². The van der Waals surface area contributed by atoms with Crippen LogP contribution in [0.2, 0.25) is 0 Å². The SMILES string of the molecule is C/C=C/C(=O)C1=CC(C)c2ccccc21. The van der Waals surface area contributed by atoms with Crippen molar-refractivity contribution < 1.29 is 4.79 Å². The van der Waals surface area contributed by atoms with E-state index in [1.165, 1.54) is 5.56 Å². The minimum atomic E-state index is 0.106. The number of ketones is 1. The number of fused-ring (bicyclic) bond motifs is 1. The number of hydrogen-bond donors (Lipinski definition) is 0. The number of rotatable bonds is 2. The third-order valence-corrected chi connectivity index (χ3v) is 2.74. The highest BCUT2D eigenvalue weighted by atomic mass is 16.1. The molecule has 0 saturated heterocycles. The maximum Gasteiger partial charge on any atom is 0.185 e. The molecule has 1 aromatic carbocycles. The number of carbonyl (C=O) groups is 1. The van der Waals surface area contributed by atoms with Crippen LogP contribution in [0.5, 0.6) is 0 Å². The summed E-state index contributed by atoms with van der Waals surface area (Å²) in [4.78, 5) is 11.8. The summed E-state index contributed by atoms with van der Waals surface area (Å²) in [5.41, 5.74) is 3.19. The Bertz CT molecular complexity index is 452. The van der Waals surface area contributed by atoms with Crippen LogP contribution >= 0.6 is 0 Å². The van der Waals surface area contributed by atoms with Crippen molar-refractivity contribution in [2.45, 2.75) is 19.8 Å². The highest BCUT2D eigenvalue weighted by Crippen LogP contribution is 2.35. The molecule has 15 heavy (non-hydrogen) atoms. The molecule has 76 valence electrons. The molecule has 0 saturated carbocycles. The number of benzene rings is 1. The fourth-order valence-electron chi connectivity index (χ4n) is 2.02. The van der Waals surface area contributed by atoms with Gasteiger partial charge in [0.15, 0.2) is 5.78 Å². The van der Waals surface area contributed by atoms with Crippen LogP contribution in [0.4, 0.5) is 0 Å². The topological polar surface area (TPSA) is 17.1 Å². The molecular weight excluding hydrogens is 184 g/mol. The Balaban J connectivity index is 2.45. The lowest BCUT2D eigenvalue weighted by Gasteiger charge is -2.03. The van der Waals surface area contributed by atoms with Crippen molar-refractivity contribution in [2.75, 3.05) is 0 Å². The van der Waals surface area contributed by atoms with Crippen molar-refractivity contribution in [3.63, 3.8) is 0 Å². The van der Waals surface area contributed by atoms with E-state index < -0.39 is 0 Å². The van der Waals surface area contributed by atoms with E-state index >= 15 is 0 Å². The van der Waals surface area contributed by atoms with Crippen LogP contribution in [0.25, 0.3) is 5.57 Å². The zero-order valence-corrected chi connectivity index (χ0v) is 9.03. The van der Waals surface area contributed by atoms with E-state index in [1.807, 2.05) is 31.2 Å². The molecule has 1 atom stereocenters. The third kappa shape index (κ3) is 1.65. The predicted octanol–water partition coefficient (Wildman–Crippen LogP) is 3.33. The molecule has 1 aromatic rings. The smallest absolute Gasteiger partial charge is 0.185 e. The molecule has 0 N–H and O–H groups in total. The Hall–Kier alpha value is -1.63. The van der Waals surface area contributed by atoms with E-state index in [1.54, 1.807) is 12.2 Å². The van der Waals surface area contributed by atoms with Gasteiger partial charge in [0.25, 0.3) is 0 Å². The van der Waals surface area contributed by atoms with Crippen molar-refractivity contribution in [3.05, 3.63) is 53.6 Å². The van der Waals surface area contributed by atoms with Gasteiger partial charge >= 0.3 is 0 Å². The van der Waals surface area contributed by atoms with E-state index in [9.17, 15) is 4.79 Å². The molecule has 1 heteroatoms. The van der Waals surface area contributed by atoms with Gasteiger partial charge < -0.3 is 0 Å². The standard InChI is InChI=1S/C14H14O/c1-3-6-14(15)13-9-10(2)11-7-4-5-8-12(11)13/h3-10H,1-2H3/b6-3+. The summed E-state index contributed by atoms with van der Waals surface area (Å²) >= 11 is 0. The van der Waals surface area contributed by atoms with Crippen molar-refractivity contribution in [1.82, 2.24) is 0 Å².